The van der Waals surface area contributed by atoms with Crippen LogP contribution in [-0.4, -0.2) is 31.3 Å². The Morgan fingerprint density at radius 2 is 2.20 bits per heavy atom. The molecule has 0 saturated carbocycles. The third kappa shape index (κ3) is 2.59. The molecule has 0 atom stereocenters. The molecule has 0 unspecified atom stereocenters. The van der Waals surface area contributed by atoms with Crippen LogP contribution in [0.5, 0.6) is 0 Å². The van der Waals surface area contributed by atoms with Crippen molar-refractivity contribution >= 4 is 23.6 Å². The molecule has 8 heteroatoms. The van der Waals surface area contributed by atoms with Crippen LogP contribution < -0.4 is 5.32 Å². The molecule has 2 aromatic heterocycles. The Morgan fingerprint density at radius 3 is 2.93 bits per heavy atom. The summed E-state index contributed by atoms with van der Waals surface area (Å²) in [4.78, 5) is 3.89. The van der Waals surface area contributed by atoms with E-state index in [0.29, 0.717) is 24.1 Å². The van der Waals surface area contributed by atoms with E-state index in [9.17, 15) is 0 Å². The van der Waals surface area contributed by atoms with Crippen molar-refractivity contribution in [3.63, 3.8) is 0 Å². The fraction of sp³-hybridized carbons (Fsp3) is 0.286. The fourth-order valence-electron chi connectivity index (χ4n) is 0.886. The Balaban J connectivity index is 2.05. The summed E-state index contributed by atoms with van der Waals surface area (Å²) >= 11 is 5.52. The molecular formula is C7H7ClN6O. The summed E-state index contributed by atoms with van der Waals surface area (Å²) in [7, 11) is 0. The number of halogens is 1. The second-order valence-electron chi connectivity index (χ2n) is 2.53. The van der Waals surface area contributed by atoms with E-state index in [-0.39, 0.29) is 6.01 Å². The normalized spacial score (nSPS) is 10.2. The van der Waals surface area contributed by atoms with Crippen molar-refractivity contribution in [3.8, 4) is 0 Å². The van der Waals surface area contributed by atoms with Crippen LogP contribution >= 0.6 is 11.6 Å². The molecule has 0 bridgehead atoms. The van der Waals surface area contributed by atoms with Gasteiger partial charge in [-0.3, -0.25) is 5.32 Å². The fourth-order valence-corrected chi connectivity index (χ4v) is 1.05. The smallest absolute Gasteiger partial charge is 0.322 e. The summed E-state index contributed by atoms with van der Waals surface area (Å²) < 4.78 is 5.20. The highest BCUT2D eigenvalue weighted by atomic mass is 35.5. The van der Waals surface area contributed by atoms with Crippen molar-refractivity contribution in [1.29, 1.82) is 0 Å². The zero-order chi connectivity index (χ0) is 10.5. The lowest BCUT2D eigenvalue weighted by Gasteiger charge is -1.95. The topological polar surface area (TPSA) is 89.6 Å². The van der Waals surface area contributed by atoms with Gasteiger partial charge in [0, 0.05) is 12.3 Å². The van der Waals surface area contributed by atoms with E-state index in [1.54, 1.807) is 0 Å². The molecule has 2 aromatic rings. The second kappa shape index (κ2) is 4.65. The lowest BCUT2D eigenvalue weighted by atomic mass is 10.5. The Morgan fingerprint density at radius 1 is 1.27 bits per heavy atom. The van der Waals surface area contributed by atoms with E-state index in [0.717, 1.165) is 0 Å². The van der Waals surface area contributed by atoms with Crippen LogP contribution in [0.1, 0.15) is 5.89 Å². The minimum absolute atomic E-state index is 0.225. The molecule has 2 heterocycles. The minimum atomic E-state index is 0.225. The van der Waals surface area contributed by atoms with Crippen molar-refractivity contribution in [3.05, 3.63) is 18.3 Å². The van der Waals surface area contributed by atoms with Gasteiger partial charge >= 0.3 is 6.01 Å². The number of anilines is 2. The number of hydrogen-bond donors (Lipinski definition) is 1. The first-order valence-corrected chi connectivity index (χ1v) is 4.71. The summed E-state index contributed by atoms with van der Waals surface area (Å²) in [5, 5.41) is 17.6. The quantitative estimate of drug-likeness (QED) is 0.771. The first-order chi connectivity index (χ1) is 7.38. The van der Waals surface area contributed by atoms with E-state index < -0.39 is 0 Å². The second-order valence-corrected chi connectivity index (χ2v) is 2.91. The maximum Gasteiger partial charge on any atom is 0.322 e. The Labute approximate surface area is 89.9 Å². The molecule has 0 spiro atoms. The maximum absolute atomic E-state index is 5.52. The highest BCUT2D eigenvalue weighted by Crippen LogP contribution is 2.10. The number of nitrogens with zero attached hydrogens (tertiary/aromatic N) is 5. The lowest BCUT2D eigenvalue weighted by molar-refractivity contribution is 0.515. The van der Waals surface area contributed by atoms with Gasteiger partial charge in [0.25, 0.3) is 5.95 Å². The predicted molar refractivity (Wildman–Crippen MR) is 51.8 cm³/mol. The molecule has 0 aliphatic rings. The molecule has 78 valence electrons. The molecule has 7 nitrogen and oxygen atoms in total. The highest BCUT2D eigenvalue weighted by Gasteiger charge is 2.06. The zero-order valence-corrected chi connectivity index (χ0v) is 8.35. The van der Waals surface area contributed by atoms with Gasteiger partial charge in [0.2, 0.25) is 5.89 Å². The van der Waals surface area contributed by atoms with E-state index >= 15 is 0 Å². The van der Waals surface area contributed by atoms with Gasteiger partial charge in [-0.25, -0.2) is 4.98 Å². The molecule has 0 saturated heterocycles. The molecular weight excluding hydrogens is 220 g/mol. The summed E-state index contributed by atoms with van der Waals surface area (Å²) in [5.74, 6) is 1.21. The largest absolute Gasteiger partial charge is 0.408 e. The molecule has 0 radical (unpaired) electrons. The van der Waals surface area contributed by atoms with Crippen molar-refractivity contribution in [1.82, 2.24) is 25.4 Å². The molecule has 0 fully saturated rings. The summed E-state index contributed by atoms with van der Waals surface area (Å²) in [6.45, 7) is 0. The van der Waals surface area contributed by atoms with Crippen LogP contribution in [0.25, 0.3) is 0 Å². The summed E-state index contributed by atoms with van der Waals surface area (Å²) in [6.07, 6.45) is 3.51. The van der Waals surface area contributed by atoms with Gasteiger partial charge in [-0.05, 0) is 0 Å². The number of rotatable bonds is 4. The van der Waals surface area contributed by atoms with E-state index in [1.807, 2.05) is 0 Å². The Hall–Kier alpha value is -1.76. The average Bonchev–Trinajstić information content (AvgIpc) is 2.68. The van der Waals surface area contributed by atoms with Crippen LogP contribution in [0.4, 0.5) is 12.0 Å². The molecule has 1 N–H and O–H groups in total. The Bertz CT molecular complexity index is 418. The summed E-state index contributed by atoms with van der Waals surface area (Å²) in [5.41, 5.74) is 0. The maximum atomic E-state index is 5.52. The van der Waals surface area contributed by atoms with Crippen LogP contribution in [0.2, 0.25) is 0 Å². The number of hydrogen-bond acceptors (Lipinski definition) is 7. The summed E-state index contributed by atoms with van der Waals surface area (Å²) in [6, 6.07) is 0.225. The highest BCUT2D eigenvalue weighted by molar-refractivity contribution is 6.17. The van der Waals surface area contributed by atoms with Gasteiger partial charge < -0.3 is 4.42 Å². The number of alkyl halides is 1. The first-order valence-electron chi connectivity index (χ1n) is 4.17. The van der Waals surface area contributed by atoms with Crippen molar-refractivity contribution < 1.29 is 4.42 Å². The van der Waals surface area contributed by atoms with Crippen LogP contribution in [0.15, 0.2) is 16.8 Å². The SMILES string of the molecule is ClCCc1nnc(Nc2nccnn2)o1. The Kier molecular flexibility index (Phi) is 3.03. The number of aromatic nitrogens is 5. The monoisotopic (exact) mass is 226 g/mol. The predicted octanol–water partition coefficient (Wildman–Crippen LogP) is 0.779. The zero-order valence-electron chi connectivity index (χ0n) is 7.59. The van der Waals surface area contributed by atoms with Crippen LogP contribution in [0, 0.1) is 0 Å². The molecule has 2 rings (SSSR count). The van der Waals surface area contributed by atoms with Gasteiger partial charge in [0.15, 0.2) is 0 Å². The van der Waals surface area contributed by atoms with Gasteiger partial charge in [0.05, 0.1) is 12.4 Å². The van der Waals surface area contributed by atoms with Crippen molar-refractivity contribution in [2.75, 3.05) is 11.2 Å². The molecule has 0 aliphatic heterocycles. The number of nitrogens with one attached hydrogen (secondary N) is 1. The van der Waals surface area contributed by atoms with Gasteiger partial charge in [0.1, 0.15) is 0 Å². The molecule has 15 heavy (non-hydrogen) atoms. The van der Waals surface area contributed by atoms with Crippen molar-refractivity contribution in [2.24, 2.45) is 0 Å². The van der Waals surface area contributed by atoms with Crippen LogP contribution in [0.3, 0.4) is 0 Å². The lowest BCUT2D eigenvalue weighted by Crippen LogP contribution is -1.97. The first kappa shape index (κ1) is 9.78. The average molecular weight is 227 g/mol. The standard InChI is InChI=1S/C7H7ClN6O/c8-2-1-5-12-14-7(15-5)11-6-9-3-4-10-13-6/h3-4H,1-2H2,(H,9,11,13,14). The van der Waals surface area contributed by atoms with Gasteiger partial charge in [-0.1, -0.05) is 5.10 Å². The van der Waals surface area contributed by atoms with Crippen molar-refractivity contribution in [2.45, 2.75) is 6.42 Å². The molecule has 0 aliphatic carbocycles. The minimum Gasteiger partial charge on any atom is -0.408 e. The van der Waals surface area contributed by atoms with E-state index in [1.165, 1.54) is 12.4 Å². The third-order valence-electron chi connectivity index (χ3n) is 1.48. The van der Waals surface area contributed by atoms with E-state index in [4.69, 9.17) is 16.0 Å². The van der Waals surface area contributed by atoms with Crippen LogP contribution in [-0.2, 0) is 6.42 Å². The number of aryl methyl sites for hydroxylation is 1. The molecule has 0 aromatic carbocycles. The van der Waals surface area contributed by atoms with E-state index in [2.05, 4.69) is 30.7 Å². The molecule has 0 amide bonds. The van der Waals surface area contributed by atoms with Gasteiger partial charge in [-0.2, -0.15) is 5.10 Å². The third-order valence-corrected chi connectivity index (χ3v) is 1.67. The van der Waals surface area contributed by atoms with Gasteiger partial charge in [-0.15, -0.1) is 21.8 Å².